The van der Waals surface area contributed by atoms with E-state index in [4.69, 9.17) is 4.42 Å². The Morgan fingerprint density at radius 3 is 2.60 bits per heavy atom. The summed E-state index contributed by atoms with van der Waals surface area (Å²) in [5.74, 6) is 0. The van der Waals surface area contributed by atoms with Gasteiger partial charge in [-0.3, -0.25) is 0 Å². The van der Waals surface area contributed by atoms with Crippen molar-refractivity contribution in [2.75, 3.05) is 12.4 Å². The molecule has 0 bridgehead atoms. The van der Waals surface area contributed by atoms with Crippen LogP contribution in [0.5, 0.6) is 0 Å². The van der Waals surface area contributed by atoms with Crippen LogP contribution in [0.2, 0.25) is 0 Å². The van der Waals surface area contributed by atoms with Crippen LogP contribution >= 0.6 is 0 Å². The zero-order chi connectivity index (χ0) is 11.1. The van der Waals surface area contributed by atoms with Gasteiger partial charge in [0.25, 0.3) is 6.01 Å². The van der Waals surface area contributed by atoms with Gasteiger partial charge in [0.1, 0.15) is 5.52 Å². The van der Waals surface area contributed by atoms with Crippen molar-refractivity contribution >= 4 is 17.1 Å². The Bertz CT molecular complexity index is 480. The molecule has 0 unspecified atom stereocenters. The highest BCUT2D eigenvalue weighted by molar-refractivity contribution is 5.79. The third kappa shape index (κ3) is 1.69. The zero-order valence-corrected chi connectivity index (χ0v) is 9.59. The molecule has 0 saturated heterocycles. The molecule has 1 aromatic heterocycles. The summed E-state index contributed by atoms with van der Waals surface area (Å²) in [6, 6.07) is 6.65. The molecule has 0 saturated carbocycles. The monoisotopic (exact) mass is 204 g/mol. The van der Waals surface area contributed by atoms with Gasteiger partial charge in [-0.05, 0) is 11.5 Å². The van der Waals surface area contributed by atoms with Crippen molar-refractivity contribution in [2.24, 2.45) is 0 Å². The van der Waals surface area contributed by atoms with Gasteiger partial charge in [-0.15, -0.1) is 0 Å². The standard InChI is InChI=1S/C12H16N2O/c1-12(2,3)8-6-5-7-9-10(8)15-11(13-4)14-9/h5-7H,1-4H3,(H,13,14). The molecule has 0 aliphatic heterocycles. The summed E-state index contributed by atoms with van der Waals surface area (Å²) in [6.07, 6.45) is 0. The molecule has 2 aromatic rings. The minimum atomic E-state index is 0.0735. The highest BCUT2D eigenvalue weighted by atomic mass is 16.4. The topological polar surface area (TPSA) is 38.1 Å². The number of hydrogen-bond acceptors (Lipinski definition) is 3. The number of oxazole rings is 1. The van der Waals surface area contributed by atoms with E-state index in [1.165, 1.54) is 5.56 Å². The Labute approximate surface area is 89.5 Å². The summed E-state index contributed by atoms with van der Waals surface area (Å²) in [5.41, 5.74) is 3.06. The molecule has 15 heavy (non-hydrogen) atoms. The van der Waals surface area contributed by atoms with Gasteiger partial charge in [0, 0.05) is 12.6 Å². The third-order valence-corrected chi connectivity index (χ3v) is 2.44. The average molecular weight is 204 g/mol. The van der Waals surface area contributed by atoms with Crippen LogP contribution < -0.4 is 5.32 Å². The number of anilines is 1. The Kier molecular flexibility index (Phi) is 2.18. The van der Waals surface area contributed by atoms with Gasteiger partial charge in [0.05, 0.1) is 0 Å². The lowest BCUT2D eigenvalue weighted by atomic mass is 9.86. The predicted octanol–water partition coefficient (Wildman–Crippen LogP) is 3.17. The molecule has 0 radical (unpaired) electrons. The van der Waals surface area contributed by atoms with Crippen molar-refractivity contribution in [3.63, 3.8) is 0 Å². The fourth-order valence-corrected chi connectivity index (χ4v) is 1.65. The van der Waals surface area contributed by atoms with Gasteiger partial charge < -0.3 is 9.73 Å². The summed E-state index contributed by atoms with van der Waals surface area (Å²) in [4.78, 5) is 4.33. The van der Waals surface area contributed by atoms with Crippen molar-refractivity contribution in [1.82, 2.24) is 4.98 Å². The van der Waals surface area contributed by atoms with Crippen LogP contribution in [0.4, 0.5) is 6.01 Å². The molecule has 80 valence electrons. The van der Waals surface area contributed by atoms with E-state index in [-0.39, 0.29) is 5.41 Å². The number of nitrogens with one attached hydrogen (secondary N) is 1. The summed E-state index contributed by atoms with van der Waals surface area (Å²) in [5, 5.41) is 2.92. The number of hydrogen-bond donors (Lipinski definition) is 1. The van der Waals surface area contributed by atoms with Crippen LogP contribution in [-0.2, 0) is 5.41 Å². The lowest BCUT2D eigenvalue weighted by Gasteiger charge is -2.18. The average Bonchev–Trinajstić information content (AvgIpc) is 2.57. The van der Waals surface area contributed by atoms with Crippen molar-refractivity contribution < 1.29 is 4.42 Å². The van der Waals surface area contributed by atoms with E-state index in [1.54, 1.807) is 0 Å². The fourth-order valence-electron chi connectivity index (χ4n) is 1.65. The Morgan fingerprint density at radius 2 is 2.00 bits per heavy atom. The van der Waals surface area contributed by atoms with Gasteiger partial charge in [-0.25, -0.2) is 0 Å². The largest absolute Gasteiger partial charge is 0.423 e. The molecule has 3 heteroatoms. The molecule has 0 atom stereocenters. The van der Waals surface area contributed by atoms with Crippen molar-refractivity contribution in [3.05, 3.63) is 23.8 Å². The molecule has 3 nitrogen and oxygen atoms in total. The molecule has 0 aliphatic carbocycles. The van der Waals surface area contributed by atoms with Gasteiger partial charge >= 0.3 is 0 Å². The van der Waals surface area contributed by atoms with E-state index in [0.717, 1.165) is 11.1 Å². The predicted molar refractivity (Wildman–Crippen MR) is 62.3 cm³/mol. The van der Waals surface area contributed by atoms with Crippen molar-refractivity contribution in [3.8, 4) is 0 Å². The molecule has 1 N–H and O–H groups in total. The van der Waals surface area contributed by atoms with E-state index in [2.05, 4.69) is 37.1 Å². The van der Waals surface area contributed by atoms with Crippen LogP contribution in [0.15, 0.2) is 22.6 Å². The SMILES string of the molecule is CNc1nc2cccc(C(C)(C)C)c2o1. The number of rotatable bonds is 1. The maximum Gasteiger partial charge on any atom is 0.295 e. The third-order valence-electron chi connectivity index (χ3n) is 2.44. The molecular formula is C12H16N2O. The Hall–Kier alpha value is -1.51. The van der Waals surface area contributed by atoms with Crippen molar-refractivity contribution in [1.29, 1.82) is 0 Å². The van der Waals surface area contributed by atoms with E-state index in [0.29, 0.717) is 6.01 Å². The first-order valence-corrected chi connectivity index (χ1v) is 5.10. The Balaban J connectivity index is 2.70. The zero-order valence-electron chi connectivity index (χ0n) is 9.59. The second-order valence-electron chi connectivity index (χ2n) is 4.67. The summed E-state index contributed by atoms with van der Waals surface area (Å²) >= 11 is 0. The first-order chi connectivity index (χ1) is 7.02. The molecule has 0 amide bonds. The van der Waals surface area contributed by atoms with Gasteiger partial charge in [0.2, 0.25) is 0 Å². The number of benzene rings is 1. The number of fused-ring (bicyclic) bond motifs is 1. The van der Waals surface area contributed by atoms with Crippen LogP contribution in [-0.4, -0.2) is 12.0 Å². The summed E-state index contributed by atoms with van der Waals surface area (Å²) < 4.78 is 5.65. The van der Waals surface area contributed by atoms with E-state index < -0.39 is 0 Å². The summed E-state index contributed by atoms with van der Waals surface area (Å²) in [6.45, 7) is 6.51. The highest BCUT2D eigenvalue weighted by Gasteiger charge is 2.19. The van der Waals surface area contributed by atoms with Crippen LogP contribution in [0.25, 0.3) is 11.1 Å². The van der Waals surface area contributed by atoms with Gasteiger partial charge in [0.15, 0.2) is 5.58 Å². The van der Waals surface area contributed by atoms with Crippen LogP contribution in [0, 0.1) is 0 Å². The maximum absolute atomic E-state index is 5.65. The van der Waals surface area contributed by atoms with Crippen molar-refractivity contribution in [2.45, 2.75) is 26.2 Å². The molecule has 0 aliphatic rings. The van der Waals surface area contributed by atoms with Crippen LogP contribution in [0.1, 0.15) is 26.3 Å². The molecule has 1 aromatic carbocycles. The maximum atomic E-state index is 5.65. The van der Waals surface area contributed by atoms with E-state index in [9.17, 15) is 0 Å². The normalized spacial score (nSPS) is 12.0. The van der Waals surface area contributed by atoms with Gasteiger partial charge in [-0.1, -0.05) is 32.9 Å². The van der Waals surface area contributed by atoms with Crippen LogP contribution in [0.3, 0.4) is 0 Å². The molecule has 0 fully saturated rings. The van der Waals surface area contributed by atoms with E-state index in [1.807, 2.05) is 19.2 Å². The molecule has 2 rings (SSSR count). The molecule has 1 heterocycles. The lowest BCUT2D eigenvalue weighted by Crippen LogP contribution is -2.10. The second-order valence-corrected chi connectivity index (χ2v) is 4.67. The minimum Gasteiger partial charge on any atom is -0.423 e. The second kappa shape index (κ2) is 3.26. The molecule has 0 spiro atoms. The number of nitrogens with zero attached hydrogens (tertiary/aromatic N) is 1. The first kappa shape index (κ1) is 10.0. The van der Waals surface area contributed by atoms with E-state index >= 15 is 0 Å². The molecular weight excluding hydrogens is 188 g/mol. The highest BCUT2D eigenvalue weighted by Crippen LogP contribution is 2.31. The number of aromatic nitrogens is 1. The first-order valence-electron chi connectivity index (χ1n) is 5.10. The Morgan fingerprint density at radius 1 is 1.27 bits per heavy atom. The van der Waals surface area contributed by atoms with Gasteiger partial charge in [-0.2, -0.15) is 4.98 Å². The summed E-state index contributed by atoms with van der Waals surface area (Å²) in [7, 11) is 1.81. The smallest absolute Gasteiger partial charge is 0.295 e. The fraction of sp³-hybridized carbons (Fsp3) is 0.417. The number of para-hydroxylation sites is 1. The lowest BCUT2D eigenvalue weighted by molar-refractivity contribution is 0.562. The minimum absolute atomic E-state index is 0.0735. The quantitative estimate of drug-likeness (QED) is 0.775.